The van der Waals surface area contributed by atoms with Gasteiger partial charge in [0.15, 0.2) is 0 Å². The van der Waals surface area contributed by atoms with Gasteiger partial charge in [-0.2, -0.15) is 0 Å². The molecule has 1 aliphatic rings. The van der Waals surface area contributed by atoms with Crippen LogP contribution in [0.4, 0.5) is 0 Å². The lowest BCUT2D eigenvalue weighted by Gasteiger charge is -2.26. The summed E-state index contributed by atoms with van der Waals surface area (Å²) in [5, 5.41) is 10.6. The summed E-state index contributed by atoms with van der Waals surface area (Å²) in [5.74, 6) is -0.00463. The van der Waals surface area contributed by atoms with Gasteiger partial charge in [-0.15, -0.1) is 10.2 Å². The van der Waals surface area contributed by atoms with E-state index in [4.69, 9.17) is 9.15 Å². The van der Waals surface area contributed by atoms with Crippen LogP contribution in [0.25, 0.3) is 11.5 Å². The maximum absolute atomic E-state index is 12.0. The van der Waals surface area contributed by atoms with E-state index in [0.29, 0.717) is 12.4 Å². The van der Waals surface area contributed by atoms with Crippen molar-refractivity contribution < 1.29 is 13.9 Å². The molecule has 0 aliphatic carbocycles. The summed E-state index contributed by atoms with van der Waals surface area (Å²) in [6, 6.07) is 7.70. The second kappa shape index (κ2) is 7.34. The number of hydrogen-bond acceptors (Lipinski definition) is 6. The van der Waals surface area contributed by atoms with Crippen molar-refractivity contribution in [3.8, 4) is 11.5 Å². The van der Waals surface area contributed by atoms with Crippen LogP contribution < -0.4 is 5.32 Å². The summed E-state index contributed by atoms with van der Waals surface area (Å²) >= 11 is 0. The zero-order chi connectivity index (χ0) is 16.1. The summed E-state index contributed by atoms with van der Waals surface area (Å²) in [6.07, 6.45) is 0. The molecular formula is C16H20N4O3. The molecule has 0 unspecified atom stereocenters. The van der Waals surface area contributed by atoms with Gasteiger partial charge in [-0.3, -0.25) is 9.69 Å². The third kappa shape index (κ3) is 4.14. The third-order valence-corrected chi connectivity index (χ3v) is 3.74. The Morgan fingerprint density at radius 2 is 1.96 bits per heavy atom. The zero-order valence-electron chi connectivity index (χ0n) is 13.1. The van der Waals surface area contributed by atoms with Crippen molar-refractivity contribution in [3.05, 3.63) is 35.7 Å². The molecule has 0 bridgehead atoms. The van der Waals surface area contributed by atoms with Crippen LogP contribution in [0.2, 0.25) is 0 Å². The monoisotopic (exact) mass is 316 g/mol. The molecule has 3 rings (SSSR count). The number of rotatable bonds is 5. The first-order chi connectivity index (χ1) is 11.2. The topological polar surface area (TPSA) is 80.5 Å². The van der Waals surface area contributed by atoms with E-state index >= 15 is 0 Å². The maximum Gasteiger partial charge on any atom is 0.308 e. The summed E-state index contributed by atoms with van der Waals surface area (Å²) in [4.78, 5) is 14.3. The average molecular weight is 316 g/mol. The Kier molecular flexibility index (Phi) is 4.99. The Hall–Kier alpha value is -2.25. The zero-order valence-corrected chi connectivity index (χ0v) is 13.1. The molecule has 23 heavy (non-hydrogen) atoms. The summed E-state index contributed by atoms with van der Waals surface area (Å²) in [5.41, 5.74) is 1.95. The number of hydrogen-bond donors (Lipinski definition) is 1. The highest BCUT2D eigenvalue weighted by Crippen LogP contribution is 2.18. The number of nitrogens with one attached hydrogen (secondary N) is 1. The number of aryl methyl sites for hydroxylation is 1. The lowest BCUT2D eigenvalue weighted by Crippen LogP contribution is -2.41. The maximum atomic E-state index is 12.0. The molecule has 1 fully saturated rings. The highest BCUT2D eigenvalue weighted by Gasteiger charge is 2.16. The fourth-order valence-corrected chi connectivity index (χ4v) is 2.36. The van der Waals surface area contributed by atoms with Crippen LogP contribution in [0.15, 0.2) is 28.7 Å². The summed E-state index contributed by atoms with van der Waals surface area (Å²) < 4.78 is 10.7. The van der Waals surface area contributed by atoms with Crippen LogP contribution in [-0.2, 0) is 4.74 Å². The van der Waals surface area contributed by atoms with Crippen LogP contribution in [0.5, 0.6) is 0 Å². The molecule has 0 radical (unpaired) electrons. The van der Waals surface area contributed by atoms with E-state index in [0.717, 1.165) is 44.0 Å². The van der Waals surface area contributed by atoms with Crippen molar-refractivity contribution in [2.24, 2.45) is 0 Å². The van der Waals surface area contributed by atoms with Crippen molar-refractivity contribution >= 4 is 5.91 Å². The van der Waals surface area contributed by atoms with Gasteiger partial charge in [0.2, 0.25) is 5.89 Å². The van der Waals surface area contributed by atoms with Crippen molar-refractivity contribution in [2.75, 3.05) is 39.4 Å². The van der Waals surface area contributed by atoms with Crippen molar-refractivity contribution in [1.82, 2.24) is 20.4 Å². The van der Waals surface area contributed by atoms with E-state index in [1.807, 2.05) is 31.2 Å². The number of benzene rings is 1. The Bertz CT molecular complexity index is 648. The minimum atomic E-state index is -0.343. The average Bonchev–Trinajstić information content (AvgIpc) is 3.06. The molecule has 1 saturated heterocycles. The van der Waals surface area contributed by atoms with Gasteiger partial charge in [0.25, 0.3) is 0 Å². The Labute approximate surface area is 134 Å². The largest absolute Gasteiger partial charge is 0.412 e. The standard InChI is InChI=1S/C16H20N4O3/c1-12-2-4-13(5-3-12)15-18-19-16(23-15)14(21)17-6-7-20-8-10-22-11-9-20/h2-5H,6-11H2,1H3,(H,17,21). The number of ether oxygens (including phenoxy) is 1. The van der Waals surface area contributed by atoms with Crippen molar-refractivity contribution in [3.63, 3.8) is 0 Å². The number of aromatic nitrogens is 2. The van der Waals surface area contributed by atoms with Gasteiger partial charge in [0.05, 0.1) is 13.2 Å². The van der Waals surface area contributed by atoms with Crippen LogP contribution >= 0.6 is 0 Å². The van der Waals surface area contributed by atoms with Gasteiger partial charge in [-0.05, 0) is 19.1 Å². The molecule has 7 nitrogen and oxygen atoms in total. The predicted octanol–water partition coefficient (Wildman–Crippen LogP) is 1.11. The molecule has 1 aromatic carbocycles. The van der Waals surface area contributed by atoms with Gasteiger partial charge in [0, 0.05) is 31.7 Å². The van der Waals surface area contributed by atoms with Gasteiger partial charge in [0.1, 0.15) is 0 Å². The van der Waals surface area contributed by atoms with Crippen LogP contribution in [0.3, 0.4) is 0 Å². The van der Waals surface area contributed by atoms with Gasteiger partial charge in [-0.1, -0.05) is 17.7 Å². The molecule has 2 aromatic rings. The van der Waals surface area contributed by atoms with E-state index in [-0.39, 0.29) is 11.8 Å². The second-order valence-corrected chi connectivity index (χ2v) is 5.49. The van der Waals surface area contributed by atoms with Crippen molar-refractivity contribution in [1.29, 1.82) is 0 Å². The lowest BCUT2D eigenvalue weighted by molar-refractivity contribution is 0.0382. The third-order valence-electron chi connectivity index (χ3n) is 3.74. The quantitative estimate of drug-likeness (QED) is 0.890. The lowest BCUT2D eigenvalue weighted by atomic mass is 10.1. The van der Waals surface area contributed by atoms with Crippen LogP contribution in [0, 0.1) is 6.92 Å². The van der Waals surface area contributed by atoms with E-state index < -0.39 is 0 Å². The molecule has 7 heteroatoms. The molecule has 0 spiro atoms. The molecule has 1 amide bonds. The SMILES string of the molecule is Cc1ccc(-c2nnc(C(=O)NCCN3CCOCC3)o2)cc1. The number of carbonyl (C=O) groups excluding carboxylic acids is 1. The summed E-state index contributed by atoms with van der Waals surface area (Å²) in [6.45, 7) is 6.62. The number of amides is 1. The van der Waals surface area contributed by atoms with Gasteiger partial charge < -0.3 is 14.5 Å². The fourth-order valence-electron chi connectivity index (χ4n) is 2.36. The normalized spacial score (nSPS) is 15.5. The molecule has 2 heterocycles. The molecule has 0 atom stereocenters. The molecule has 1 N–H and O–H groups in total. The highest BCUT2D eigenvalue weighted by molar-refractivity contribution is 5.89. The predicted molar refractivity (Wildman–Crippen MR) is 84.1 cm³/mol. The second-order valence-electron chi connectivity index (χ2n) is 5.49. The minimum absolute atomic E-state index is 0.0115. The van der Waals surface area contributed by atoms with E-state index in [1.54, 1.807) is 0 Å². The Morgan fingerprint density at radius 1 is 1.22 bits per heavy atom. The fraction of sp³-hybridized carbons (Fsp3) is 0.438. The first kappa shape index (κ1) is 15.6. The first-order valence-electron chi connectivity index (χ1n) is 7.71. The van der Waals surface area contributed by atoms with Crippen LogP contribution in [-0.4, -0.2) is 60.4 Å². The van der Waals surface area contributed by atoms with E-state index in [9.17, 15) is 4.79 Å². The van der Waals surface area contributed by atoms with E-state index in [1.165, 1.54) is 0 Å². The summed E-state index contributed by atoms with van der Waals surface area (Å²) in [7, 11) is 0. The molecule has 122 valence electrons. The molecule has 1 aromatic heterocycles. The Morgan fingerprint density at radius 3 is 2.70 bits per heavy atom. The number of carbonyl (C=O) groups is 1. The Balaban J connectivity index is 1.52. The van der Waals surface area contributed by atoms with Gasteiger partial charge in [-0.25, -0.2) is 0 Å². The smallest absolute Gasteiger partial charge is 0.308 e. The van der Waals surface area contributed by atoms with Crippen LogP contribution in [0.1, 0.15) is 16.2 Å². The molecule has 1 aliphatic heterocycles. The van der Waals surface area contributed by atoms with Crippen molar-refractivity contribution in [2.45, 2.75) is 6.92 Å². The molecular weight excluding hydrogens is 296 g/mol. The highest BCUT2D eigenvalue weighted by atomic mass is 16.5. The first-order valence-corrected chi connectivity index (χ1v) is 7.71. The van der Waals surface area contributed by atoms with Gasteiger partial charge >= 0.3 is 11.8 Å². The number of morpholine rings is 1. The molecule has 0 saturated carbocycles. The van der Waals surface area contributed by atoms with E-state index in [2.05, 4.69) is 20.4 Å². The number of nitrogens with zero attached hydrogens (tertiary/aromatic N) is 3. The minimum Gasteiger partial charge on any atom is -0.412 e.